The third-order valence-corrected chi connectivity index (χ3v) is 3.81. The second-order valence-electron chi connectivity index (χ2n) is 6.08. The number of aliphatic hydroxyl groups is 1. The van der Waals surface area contributed by atoms with E-state index in [4.69, 9.17) is 31.3 Å². The predicted molar refractivity (Wildman–Crippen MR) is 94.9 cm³/mol. The highest BCUT2D eigenvalue weighted by atomic mass is 16.5. The van der Waals surface area contributed by atoms with Crippen LogP contribution in [0.15, 0.2) is 4.52 Å². The van der Waals surface area contributed by atoms with E-state index in [2.05, 4.69) is 20.8 Å². The second kappa shape index (κ2) is 11.8. The Morgan fingerprint density at radius 3 is 2.50 bits per heavy atom. The number of urea groups is 1. The van der Waals surface area contributed by atoms with Crippen molar-refractivity contribution in [3.8, 4) is 0 Å². The van der Waals surface area contributed by atoms with Gasteiger partial charge in [0.1, 0.15) is 6.04 Å². The van der Waals surface area contributed by atoms with Crippen LogP contribution in [0.3, 0.4) is 0 Å². The number of aromatic nitrogens is 2. The quantitative estimate of drug-likeness (QED) is 0.157. The van der Waals surface area contributed by atoms with E-state index in [1.54, 1.807) is 0 Å². The zero-order valence-electron chi connectivity index (χ0n) is 15.3. The average molecular weight is 403 g/mol. The second-order valence-corrected chi connectivity index (χ2v) is 6.08. The smallest absolute Gasteiger partial charge is 0.541 e. The van der Waals surface area contributed by atoms with Gasteiger partial charge in [0.05, 0.1) is 12.6 Å². The molecule has 0 aliphatic carbocycles. The van der Waals surface area contributed by atoms with Crippen molar-refractivity contribution in [1.29, 1.82) is 0 Å². The molecule has 3 atom stereocenters. The molecule has 28 heavy (non-hydrogen) atoms. The lowest BCUT2D eigenvalue weighted by Crippen LogP contribution is -2.48. The average Bonchev–Trinajstić information content (AvgIpc) is 3.13. The summed E-state index contributed by atoms with van der Waals surface area (Å²) in [5, 5.41) is 33.1. The van der Waals surface area contributed by atoms with Gasteiger partial charge < -0.3 is 41.9 Å². The molecule has 10 N–H and O–H groups in total. The highest BCUT2D eigenvalue weighted by Crippen LogP contribution is 2.20. The van der Waals surface area contributed by atoms with Gasteiger partial charge in [-0.15, -0.1) is 0 Å². The molecular formula is C15H27N6O7+. The Labute approximate surface area is 160 Å². The fraction of sp³-hybridized carbons (Fsp3) is 0.667. The third kappa shape index (κ3) is 7.85. The summed E-state index contributed by atoms with van der Waals surface area (Å²) in [4.78, 5) is 38.0. The van der Waals surface area contributed by atoms with Gasteiger partial charge in [-0.2, -0.15) is 4.98 Å². The van der Waals surface area contributed by atoms with Crippen molar-refractivity contribution in [1.82, 2.24) is 20.8 Å². The third-order valence-electron chi connectivity index (χ3n) is 3.81. The van der Waals surface area contributed by atoms with Gasteiger partial charge in [0.2, 0.25) is 11.9 Å². The highest BCUT2D eigenvalue weighted by molar-refractivity contribution is 5.82. The Morgan fingerprint density at radius 2 is 1.93 bits per heavy atom. The molecule has 1 heterocycles. The van der Waals surface area contributed by atoms with Crippen LogP contribution in [-0.2, 0) is 9.59 Å². The van der Waals surface area contributed by atoms with Crippen LogP contribution in [0.5, 0.6) is 0 Å². The molecule has 13 heteroatoms. The number of nitrogens with two attached hydrogens (primary N) is 2. The summed E-state index contributed by atoms with van der Waals surface area (Å²) in [5.41, 5.74) is 11.4. The first-order valence-electron chi connectivity index (χ1n) is 8.72. The number of nitrogens with one attached hydrogen (secondary N) is 2. The minimum Gasteiger partial charge on any atom is -0.563 e. The van der Waals surface area contributed by atoms with Crippen LogP contribution >= 0.6 is 0 Å². The maximum absolute atomic E-state index is 12.0. The van der Waals surface area contributed by atoms with E-state index in [0.29, 0.717) is 13.0 Å². The Hall–Kier alpha value is -2.77. The SMILES string of the molecule is NCCCC[C@H](N)c1noc([C@H](CCC(=O)O)NC(=O)N[C@@H](CO)C(=O)[OH2+])n1. The normalized spacial score (nSPS) is 14.1. The van der Waals surface area contributed by atoms with Gasteiger partial charge >= 0.3 is 18.0 Å². The van der Waals surface area contributed by atoms with E-state index in [0.717, 1.165) is 12.8 Å². The summed E-state index contributed by atoms with van der Waals surface area (Å²) in [6, 6.07) is -3.78. The number of aliphatic hydroxyl groups excluding tert-OH is 1. The first-order chi connectivity index (χ1) is 13.3. The van der Waals surface area contributed by atoms with Gasteiger partial charge in [-0.25, -0.2) is 4.79 Å². The standard InChI is InChI=1S/C15H26N6O7/c16-6-2-1-3-8(17)12-20-13(28-21-12)9(4-5-11(23)24)18-15(27)19-10(7-22)14(25)26/h8-10,22H,1-7,16-17H2,(H,23,24)(H,25,26)(H2,18,19,27)/p+1/t8-,9-,10-/m0/s1. The molecule has 1 aromatic heterocycles. The molecule has 1 rings (SSSR count). The fourth-order valence-electron chi connectivity index (χ4n) is 2.25. The largest absolute Gasteiger partial charge is 0.563 e. The number of amides is 2. The summed E-state index contributed by atoms with van der Waals surface area (Å²) < 4.78 is 5.11. The number of carboxylic acid groups (broad SMARTS) is 1. The summed E-state index contributed by atoms with van der Waals surface area (Å²) >= 11 is 0. The van der Waals surface area contributed by atoms with Crippen molar-refractivity contribution in [2.45, 2.75) is 50.2 Å². The van der Waals surface area contributed by atoms with Crippen LogP contribution in [0.1, 0.15) is 55.9 Å². The van der Waals surface area contributed by atoms with Gasteiger partial charge in [-0.05, 0) is 25.8 Å². The zero-order valence-corrected chi connectivity index (χ0v) is 15.3. The maximum atomic E-state index is 12.0. The molecule has 0 aliphatic heterocycles. The molecule has 0 bridgehead atoms. The number of unbranched alkanes of at least 4 members (excludes halogenated alkanes) is 1. The monoisotopic (exact) mass is 403 g/mol. The van der Waals surface area contributed by atoms with Gasteiger partial charge in [0.15, 0.2) is 5.82 Å². The van der Waals surface area contributed by atoms with E-state index < -0.39 is 42.7 Å². The van der Waals surface area contributed by atoms with E-state index in [1.165, 1.54) is 0 Å². The summed E-state index contributed by atoms with van der Waals surface area (Å²) in [6.45, 7) is -0.214. The molecule has 0 aromatic carbocycles. The fourth-order valence-corrected chi connectivity index (χ4v) is 2.25. The molecule has 0 radical (unpaired) electrons. The molecule has 158 valence electrons. The molecule has 0 spiro atoms. The molecule has 1 aromatic rings. The summed E-state index contributed by atoms with van der Waals surface area (Å²) in [7, 11) is 0. The van der Waals surface area contributed by atoms with Gasteiger partial charge in [0.25, 0.3) is 0 Å². The van der Waals surface area contributed by atoms with Crippen LogP contribution in [0.2, 0.25) is 0 Å². The van der Waals surface area contributed by atoms with E-state index in [1.807, 2.05) is 0 Å². The number of aliphatic carboxylic acids is 1. The van der Waals surface area contributed by atoms with E-state index >= 15 is 0 Å². The van der Waals surface area contributed by atoms with Gasteiger partial charge in [0, 0.05) is 11.2 Å². The lowest BCUT2D eigenvalue weighted by atomic mass is 10.1. The van der Waals surface area contributed by atoms with Crippen molar-refractivity contribution in [3.63, 3.8) is 0 Å². The highest BCUT2D eigenvalue weighted by Gasteiger charge is 2.29. The predicted octanol–water partition coefficient (Wildman–Crippen LogP) is -1.98. The molecule has 0 aliphatic rings. The molecule has 0 saturated carbocycles. The van der Waals surface area contributed by atoms with Crippen molar-refractivity contribution >= 4 is 18.0 Å². The van der Waals surface area contributed by atoms with Crippen LogP contribution in [0.4, 0.5) is 4.79 Å². The summed E-state index contributed by atoms with van der Waals surface area (Å²) in [6.07, 6.45) is 1.78. The number of carboxylic acids is 1. The lowest BCUT2D eigenvalue weighted by Gasteiger charge is -2.16. The molecule has 0 fully saturated rings. The van der Waals surface area contributed by atoms with Crippen molar-refractivity contribution in [3.05, 3.63) is 11.7 Å². The number of nitrogens with zero attached hydrogens (tertiary/aromatic N) is 2. The number of carbonyl (C=O) groups is 3. The Bertz CT molecular complexity index is 653. The topological polar surface area (TPSA) is 230 Å². The molecule has 0 saturated heterocycles. The lowest BCUT2D eigenvalue weighted by molar-refractivity contribution is -0.140. The molecule has 13 nitrogen and oxygen atoms in total. The number of rotatable bonds is 13. The Kier molecular flexibility index (Phi) is 9.84. The molecule has 2 amide bonds. The van der Waals surface area contributed by atoms with Crippen LogP contribution in [0, 0.1) is 0 Å². The zero-order chi connectivity index (χ0) is 21.1. The molecule has 0 unspecified atom stereocenters. The van der Waals surface area contributed by atoms with E-state index in [9.17, 15) is 14.4 Å². The Morgan fingerprint density at radius 1 is 1.21 bits per heavy atom. The van der Waals surface area contributed by atoms with Crippen LogP contribution < -0.4 is 22.1 Å². The van der Waals surface area contributed by atoms with E-state index in [-0.39, 0.29) is 24.6 Å². The first-order valence-corrected chi connectivity index (χ1v) is 8.72. The van der Waals surface area contributed by atoms with Gasteiger partial charge in [-0.1, -0.05) is 11.6 Å². The van der Waals surface area contributed by atoms with Crippen molar-refractivity contribution in [2.75, 3.05) is 13.2 Å². The minimum absolute atomic E-state index is 0.0431. The molecular weight excluding hydrogens is 376 g/mol. The van der Waals surface area contributed by atoms with Crippen molar-refractivity contribution in [2.24, 2.45) is 11.5 Å². The van der Waals surface area contributed by atoms with Crippen molar-refractivity contribution < 1.29 is 34.2 Å². The summed E-state index contributed by atoms with van der Waals surface area (Å²) in [5.74, 6) is -2.11. The Balaban J connectivity index is 2.82. The maximum Gasteiger partial charge on any atom is 0.541 e. The minimum atomic E-state index is -1.41. The van der Waals surface area contributed by atoms with Crippen LogP contribution in [-0.4, -0.2) is 62.6 Å². The van der Waals surface area contributed by atoms with Crippen LogP contribution in [0.25, 0.3) is 0 Å². The number of hydrogen-bond donors (Lipinski definition) is 6. The number of hydrogen-bond acceptors (Lipinski definition) is 9. The first kappa shape index (κ1) is 23.3. The number of carbonyl (C=O) groups excluding carboxylic acids is 2. The van der Waals surface area contributed by atoms with Gasteiger partial charge in [-0.3, -0.25) is 4.79 Å².